The van der Waals surface area contributed by atoms with Crippen LogP contribution >= 0.6 is 11.6 Å². The van der Waals surface area contributed by atoms with Gasteiger partial charge in [0.05, 0.1) is 10.6 Å². The number of alkyl halides is 3. The van der Waals surface area contributed by atoms with Crippen molar-refractivity contribution in [1.82, 2.24) is 15.6 Å². The number of halogens is 4. The van der Waals surface area contributed by atoms with Crippen LogP contribution in [0.25, 0.3) is 0 Å². The summed E-state index contributed by atoms with van der Waals surface area (Å²) in [6.45, 7) is 0.683. The van der Waals surface area contributed by atoms with Gasteiger partial charge in [0.25, 0.3) is 5.91 Å². The fourth-order valence-corrected chi connectivity index (χ4v) is 3.79. The van der Waals surface area contributed by atoms with E-state index in [4.69, 9.17) is 21.1 Å². The van der Waals surface area contributed by atoms with Gasteiger partial charge >= 0.3 is 6.18 Å². The Kier molecular flexibility index (Phi) is 10.1. The van der Waals surface area contributed by atoms with Gasteiger partial charge in [0.15, 0.2) is 0 Å². The standard InChI is InChI=1S/C27H27ClF3N3O4/c1-32-11-12-37-25-16-23(28)22(27(29,30)31)14-18(25)13-19(35)6-3-17-4-7-20(8-5-17)38-21-9-10-34-24(15-21)26(36)33-2/h4-5,7-10,14-16,32H,3,6,11-13H2,1-2H3,(H,33,36). The van der Waals surface area contributed by atoms with E-state index in [1.54, 1.807) is 37.4 Å². The number of aryl methyl sites for hydroxylation is 1. The number of nitrogens with one attached hydrogen (secondary N) is 2. The van der Waals surface area contributed by atoms with E-state index < -0.39 is 16.8 Å². The summed E-state index contributed by atoms with van der Waals surface area (Å²) in [6.07, 6.45) is -2.88. The second kappa shape index (κ2) is 13.3. The van der Waals surface area contributed by atoms with E-state index in [9.17, 15) is 22.8 Å². The van der Waals surface area contributed by atoms with E-state index in [0.29, 0.717) is 24.5 Å². The normalized spacial score (nSPS) is 11.2. The van der Waals surface area contributed by atoms with Crippen molar-refractivity contribution < 1.29 is 32.2 Å². The number of rotatable bonds is 12. The number of ketones is 1. The number of ether oxygens (including phenoxy) is 2. The summed E-state index contributed by atoms with van der Waals surface area (Å²) in [4.78, 5) is 28.4. The Morgan fingerprint density at radius 2 is 1.76 bits per heavy atom. The quantitative estimate of drug-likeness (QED) is 0.300. The maximum absolute atomic E-state index is 13.4. The maximum atomic E-state index is 13.4. The summed E-state index contributed by atoms with van der Waals surface area (Å²) >= 11 is 5.84. The van der Waals surface area contributed by atoms with Gasteiger partial charge in [-0.3, -0.25) is 14.6 Å². The van der Waals surface area contributed by atoms with Gasteiger partial charge in [0.1, 0.15) is 35.3 Å². The molecule has 3 rings (SSSR count). The molecule has 202 valence electrons. The van der Waals surface area contributed by atoms with Crippen LogP contribution in [0.15, 0.2) is 54.7 Å². The third kappa shape index (κ3) is 8.19. The number of carbonyl (C=O) groups excluding carboxylic acids is 2. The van der Waals surface area contributed by atoms with Crippen LogP contribution in [-0.2, 0) is 23.8 Å². The highest BCUT2D eigenvalue weighted by atomic mass is 35.5. The lowest BCUT2D eigenvalue weighted by atomic mass is 10.00. The predicted molar refractivity (Wildman–Crippen MR) is 137 cm³/mol. The Labute approximate surface area is 223 Å². The number of benzene rings is 2. The Morgan fingerprint density at radius 3 is 2.42 bits per heavy atom. The third-order valence-electron chi connectivity index (χ3n) is 5.50. The number of amides is 1. The number of aromatic nitrogens is 1. The molecule has 0 spiro atoms. The molecule has 0 unspecified atom stereocenters. The minimum Gasteiger partial charge on any atom is -0.492 e. The lowest BCUT2D eigenvalue weighted by molar-refractivity contribution is -0.137. The molecule has 1 amide bonds. The van der Waals surface area contributed by atoms with Gasteiger partial charge in [-0.15, -0.1) is 0 Å². The molecule has 2 aromatic carbocycles. The Morgan fingerprint density at radius 1 is 1.03 bits per heavy atom. The minimum absolute atomic E-state index is 0.125. The Hall–Kier alpha value is -3.63. The van der Waals surface area contributed by atoms with Crippen molar-refractivity contribution in [2.24, 2.45) is 0 Å². The van der Waals surface area contributed by atoms with Crippen LogP contribution < -0.4 is 20.1 Å². The number of hydrogen-bond acceptors (Lipinski definition) is 6. The van der Waals surface area contributed by atoms with Gasteiger partial charge in [0.2, 0.25) is 0 Å². The van der Waals surface area contributed by atoms with Gasteiger partial charge in [-0.05, 0) is 49.4 Å². The molecule has 0 fully saturated rings. The molecule has 0 aliphatic heterocycles. The Balaban J connectivity index is 1.63. The average molecular weight is 550 g/mol. The number of likely N-dealkylation sites (N-methyl/N-ethyl adjacent to an activating group) is 1. The van der Waals surface area contributed by atoms with Crippen molar-refractivity contribution in [3.8, 4) is 17.2 Å². The van der Waals surface area contributed by atoms with Crippen LogP contribution in [0.3, 0.4) is 0 Å². The number of hydrogen-bond donors (Lipinski definition) is 2. The summed E-state index contributed by atoms with van der Waals surface area (Å²) < 4.78 is 51.4. The van der Waals surface area contributed by atoms with Crippen LogP contribution in [-0.4, -0.2) is 43.9 Å². The molecule has 0 saturated carbocycles. The molecular weight excluding hydrogens is 523 g/mol. The minimum atomic E-state index is -4.65. The first-order chi connectivity index (χ1) is 18.1. The van der Waals surface area contributed by atoms with E-state index in [1.165, 1.54) is 19.3 Å². The zero-order valence-electron chi connectivity index (χ0n) is 20.8. The number of Topliss-reactive ketones (excluding diaryl/α,β-unsaturated/α-hetero) is 1. The van der Waals surface area contributed by atoms with Gasteiger partial charge in [0, 0.05) is 44.3 Å². The van der Waals surface area contributed by atoms with E-state index >= 15 is 0 Å². The van der Waals surface area contributed by atoms with Gasteiger partial charge in [-0.25, -0.2) is 0 Å². The zero-order valence-corrected chi connectivity index (χ0v) is 21.6. The molecule has 1 heterocycles. The SMILES string of the molecule is CNCCOc1cc(Cl)c(C(F)(F)F)cc1CC(=O)CCc1ccc(Oc2ccnc(C(=O)NC)c2)cc1. The summed E-state index contributed by atoms with van der Waals surface area (Å²) in [5, 5.41) is 4.90. The topological polar surface area (TPSA) is 89.6 Å². The summed E-state index contributed by atoms with van der Waals surface area (Å²) in [5.41, 5.74) is 0.207. The molecule has 0 radical (unpaired) electrons. The molecule has 11 heteroatoms. The van der Waals surface area contributed by atoms with Gasteiger partial charge in [-0.1, -0.05) is 23.7 Å². The summed E-state index contributed by atoms with van der Waals surface area (Å²) in [5.74, 6) is 0.552. The lowest BCUT2D eigenvalue weighted by Gasteiger charge is -2.16. The lowest BCUT2D eigenvalue weighted by Crippen LogP contribution is -2.18. The molecule has 0 saturated heterocycles. The van der Waals surface area contributed by atoms with Crippen LogP contribution in [0, 0.1) is 0 Å². The second-order valence-electron chi connectivity index (χ2n) is 8.31. The molecule has 38 heavy (non-hydrogen) atoms. The first-order valence-corrected chi connectivity index (χ1v) is 12.1. The van der Waals surface area contributed by atoms with Crippen LogP contribution in [0.4, 0.5) is 13.2 Å². The first kappa shape index (κ1) is 28.9. The number of carbonyl (C=O) groups is 2. The Bertz CT molecular complexity index is 1270. The van der Waals surface area contributed by atoms with Gasteiger partial charge < -0.3 is 20.1 Å². The van der Waals surface area contributed by atoms with Crippen LogP contribution in [0.2, 0.25) is 5.02 Å². The van der Waals surface area contributed by atoms with Crippen molar-refractivity contribution in [3.63, 3.8) is 0 Å². The molecular formula is C27H27ClF3N3O4. The van der Waals surface area contributed by atoms with Crippen molar-refractivity contribution in [3.05, 3.63) is 82.1 Å². The predicted octanol–water partition coefficient (Wildman–Crippen LogP) is 5.25. The highest BCUT2D eigenvalue weighted by Crippen LogP contribution is 2.38. The van der Waals surface area contributed by atoms with Crippen LogP contribution in [0.5, 0.6) is 17.2 Å². The van der Waals surface area contributed by atoms with Crippen molar-refractivity contribution in [1.29, 1.82) is 0 Å². The average Bonchev–Trinajstić information content (AvgIpc) is 2.88. The summed E-state index contributed by atoms with van der Waals surface area (Å²) in [7, 11) is 3.22. The van der Waals surface area contributed by atoms with E-state index in [2.05, 4.69) is 15.6 Å². The van der Waals surface area contributed by atoms with Crippen molar-refractivity contribution >= 4 is 23.3 Å². The summed E-state index contributed by atoms with van der Waals surface area (Å²) in [6, 6.07) is 12.2. The smallest absolute Gasteiger partial charge is 0.417 e. The second-order valence-corrected chi connectivity index (χ2v) is 8.71. The monoisotopic (exact) mass is 549 g/mol. The molecule has 0 aliphatic rings. The fraction of sp³-hybridized carbons (Fsp3) is 0.296. The molecule has 0 atom stereocenters. The van der Waals surface area contributed by atoms with Gasteiger partial charge in [-0.2, -0.15) is 13.2 Å². The van der Waals surface area contributed by atoms with E-state index in [0.717, 1.165) is 17.7 Å². The van der Waals surface area contributed by atoms with E-state index in [-0.39, 0.29) is 48.1 Å². The zero-order chi connectivity index (χ0) is 27.7. The van der Waals surface area contributed by atoms with E-state index in [1.807, 2.05) is 0 Å². The molecule has 1 aromatic heterocycles. The highest BCUT2D eigenvalue weighted by molar-refractivity contribution is 6.31. The molecule has 7 nitrogen and oxygen atoms in total. The number of nitrogens with zero attached hydrogens (tertiary/aromatic N) is 1. The molecule has 2 N–H and O–H groups in total. The maximum Gasteiger partial charge on any atom is 0.417 e. The molecule has 0 aliphatic carbocycles. The van der Waals surface area contributed by atoms with Crippen LogP contribution in [0.1, 0.15) is 33.6 Å². The van der Waals surface area contributed by atoms with Crippen molar-refractivity contribution in [2.45, 2.75) is 25.4 Å². The number of pyridine rings is 1. The molecule has 3 aromatic rings. The fourth-order valence-electron chi connectivity index (χ4n) is 3.52. The highest BCUT2D eigenvalue weighted by Gasteiger charge is 2.34. The third-order valence-corrected chi connectivity index (χ3v) is 5.81. The van der Waals surface area contributed by atoms with Crippen molar-refractivity contribution in [2.75, 3.05) is 27.2 Å². The molecule has 0 bridgehead atoms. The first-order valence-electron chi connectivity index (χ1n) is 11.7. The largest absolute Gasteiger partial charge is 0.492 e.